The molecule has 0 aliphatic rings. The van der Waals surface area contributed by atoms with Crippen LogP contribution in [0.1, 0.15) is 12.5 Å². The predicted octanol–water partition coefficient (Wildman–Crippen LogP) is 4.29. The maximum atomic E-state index is 13.3. The van der Waals surface area contributed by atoms with Crippen molar-refractivity contribution in [3.63, 3.8) is 0 Å². The lowest BCUT2D eigenvalue weighted by Gasteiger charge is -2.15. The Morgan fingerprint density at radius 3 is 2.40 bits per heavy atom. The zero-order chi connectivity index (χ0) is 21.7. The Labute approximate surface area is 174 Å². The van der Waals surface area contributed by atoms with E-state index in [1.807, 2.05) is 35.6 Å². The van der Waals surface area contributed by atoms with Gasteiger partial charge in [0.1, 0.15) is 12.4 Å². The van der Waals surface area contributed by atoms with E-state index in [1.165, 1.54) is 19.1 Å². The van der Waals surface area contributed by atoms with Gasteiger partial charge in [-0.2, -0.15) is 13.2 Å². The number of nitrogens with zero attached hydrogens (tertiary/aromatic N) is 3. The third-order valence-corrected chi connectivity index (χ3v) is 5.20. The van der Waals surface area contributed by atoms with Gasteiger partial charge in [-0.15, -0.1) is 10.2 Å². The van der Waals surface area contributed by atoms with Crippen molar-refractivity contribution in [1.82, 2.24) is 20.1 Å². The highest BCUT2D eigenvalue weighted by Gasteiger charge is 2.29. The van der Waals surface area contributed by atoms with Crippen LogP contribution in [0.25, 0.3) is 11.4 Å². The average molecular weight is 438 g/mol. The van der Waals surface area contributed by atoms with Crippen molar-refractivity contribution < 1.29 is 22.4 Å². The standard InChI is InChI=1S/C20H18F4N4OS/c1-13(18(29)25-12-20(22,23)24)30-19-27-26-17(15-7-9-16(21)10-8-15)28(19)11-14-5-3-2-4-6-14/h2-10,13H,11-12H2,1H3,(H,25,29)/t13-/m0/s1. The fourth-order valence-electron chi connectivity index (χ4n) is 2.64. The first-order valence-corrected chi connectivity index (χ1v) is 9.85. The molecule has 3 rings (SSSR count). The highest BCUT2D eigenvalue weighted by atomic mass is 32.2. The molecule has 30 heavy (non-hydrogen) atoms. The number of thioether (sulfide) groups is 1. The van der Waals surface area contributed by atoms with Crippen molar-refractivity contribution in [3.05, 3.63) is 66.0 Å². The minimum absolute atomic E-state index is 0.368. The van der Waals surface area contributed by atoms with Crippen molar-refractivity contribution in [3.8, 4) is 11.4 Å². The summed E-state index contributed by atoms with van der Waals surface area (Å²) < 4.78 is 52.1. The summed E-state index contributed by atoms with van der Waals surface area (Å²) in [5.74, 6) is -0.684. The number of alkyl halides is 3. The Morgan fingerprint density at radius 1 is 1.10 bits per heavy atom. The predicted molar refractivity (Wildman–Crippen MR) is 105 cm³/mol. The van der Waals surface area contributed by atoms with Crippen LogP contribution in [-0.2, 0) is 11.3 Å². The van der Waals surface area contributed by atoms with Gasteiger partial charge < -0.3 is 5.32 Å². The van der Waals surface area contributed by atoms with Gasteiger partial charge in [-0.25, -0.2) is 4.39 Å². The van der Waals surface area contributed by atoms with Crippen LogP contribution in [0.4, 0.5) is 17.6 Å². The quantitative estimate of drug-likeness (QED) is 0.442. The van der Waals surface area contributed by atoms with Crippen molar-refractivity contribution in [2.75, 3.05) is 6.54 Å². The molecule has 0 aliphatic heterocycles. The molecule has 1 N–H and O–H groups in total. The molecular formula is C20H18F4N4OS. The van der Waals surface area contributed by atoms with Gasteiger partial charge in [-0.05, 0) is 36.8 Å². The van der Waals surface area contributed by atoms with Crippen LogP contribution in [0, 0.1) is 5.82 Å². The van der Waals surface area contributed by atoms with Gasteiger partial charge in [0.05, 0.1) is 11.8 Å². The summed E-state index contributed by atoms with van der Waals surface area (Å²) in [5, 5.41) is 9.70. The summed E-state index contributed by atoms with van der Waals surface area (Å²) in [6.07, 6.45) is -4.48. The van der Waals surface area contributed by atoms with E-state index in [4.69, 9.17) is 0 Å². The number of amides is 1. The van der Waals surface area contributed by atoms with Crippen LogP contribution >= 0.6 is 11.8 Å². The minimum Gasteiger partial charge on any atom is -0.346 e. The summed E-state index contributed by atoms with van der Waals surface area (Å²) in [7, 11) is 0. The Bertz CT molecular complexity index is 990. The highest BCUT2D eigenvalue weighted by molar-refractivity contribution is 8.00. The molecule has 1 amide bonds. The maximum Gasteiger partial charge on any atom is 0.405 e. The summed E-state index contributed by atoms with van der Waals surface area (Å²) in [4.78, 5) is 12.0. The molecule has 0 unspecified atom stereocenters. The normalized spacial score (nSPS) is 12.6. The number of benzene rings is 2. The van der Waals surface area contributed by atoms with Gasteiger partial charge in [0, 0.05) is 5.56 Å². The van der Waals surface area contributed by atoms with Crippen molar-refractivity contribution in [2.24, 2.45) is 0 Å². The van der Waals surface area contributed by atoms with Crippen LogP contribution in [0.3, 0.4) is 0 Å². The molecule has 0 aliphatic carbocycles. The Kier molecular flexibility index (Phi) is 6.76. The van der Waals surface area contributed by atoms with E-state index in [9.17, 15) is 22.4 Å². The third-order valence-electron chi connectivity index (χ3n) is 4.12. The molecule has 0 fully saturated rings. The molecule has 0 radical (unpaired) electrons. The van der Waals surface area contributed by atoms with E-state index in [-0.39, 0.29) is 0 Å². The fraction of sp³-hybridized carbons (Fsp3) is 0.250. The van der Waals surface area contributed by atoms with E-state index >= 15 is 0 Å². The second-order valence-electron chi connectivity index (χ2n) is 6.48. The number of carbonyl (C=O) groups excluding carboxylic acids is 1. The largest absolute Gasteiger partial charge is 0.405 e. The molecule has 0 saturated heterocycles. The lowest BCUT2D eigenvalue weighted by atomic mass is 10.2. The monoisotopic (exact) mass is 438 g/mol. The molecule has 3 aromatic rings. The van der Waals surface area contributed by atoms with Crippen LogP contribution in [0.2, 0.25) is 0 Å². The zero-order valence-electron chi connectivity index (χ0n) is 15.9. The number of nitrogens with one attached hydrogen (secondary N) is 1. The molecule has 158 valence electrons. The number of hydrogen-bond donors (Lipinski definition) is 1. The van der Waals surface area contributed by atoms with E-state index in [0.29, 0.717) is 23.1 Å². The molecule has 0 saturated carbocycles. The van der Waals surface area contributed by atoms with Crippen LogP contribution in [0.15, 0.2) is 59.8 Å². The van der Waals surface area contributed by atoms with Crippen LogP contribution < -0.4 is 5.32 Å². The maximum absolute atomic E-state index is 13.3. The van der Waals surface area contributed by atoms with Gasteiger partial charge >= 0.3 is 6.18 Å². The lowest BCUT2D eigenvalue weighted by Crippen LogP contribution is -2.38. The van der Waals surface area contributed by atoms with Gasteiger partial charge in [-0.3, -0.25) is 9.36 Å². The van der Waals surface area contributed by atoms with Crippen LogP contribution in [0.5, 0.6) is 0 Å². The second kappa shape index (κ2) is 9.29. The fourth-order valence-corrected chi connectivity index (χ4v) is 3.51. The topological polar surface area (TPSA) is 59.8 Å². The number of rotatable bonds is 7. The number of halogens is 4. The van der Waals surface area contributed by atoms with Crippen molar-refractivity contribution in [2.45, 2.75) is 30.1 Å². The van der Waals surface area contributed by atoms with Gasteiger partial charge in [0.2, 0.25) is 5.91 Å². The SMILES string of the molecule is C[C@H](Sc1nnc(-c2ccc(F)cc2)n1Cc1ccccc1)C(=O)NCC(F)(F)F. The summed E-state index contributed by atoms with van der Waals surface area (Å²) in [6.45, 7) is 0.476. The van der Waals surface area contributed by atoms with Gasteiger partial charge in [0.15, 0.2) is 11.0 Å². The summed E-state index contributed by atoms with van der Waals surface area (Å²) in [5.41, 5.74) is 1.57. The average Bonchev–Trinajstić information content (AvgIpc) is 3.09. The zero-order valence-corrected chi connectivity index (χ0v) is 16.7. The number of hydrogen-bond acceptors (Lipinski definition) is 4. The molecule has 1 atom stereocenters. The smallest absolute Gasteiger partial charge is 0.346 e. The second-order valence-corrected chi connectivity index (χ2v) is 7.79. The minimum atomic E-state index is -4.48. The molecule has 0 bridgehead atoms. The van der Waals surface area contributed by atoms with E-state index < -0.39 is 29.7 Å². The Hall–Kier alpha value is -2.88. The van der Waals surface area contributed by atoms with E-state index in [2.05, 4.69) is 10.2 Å². The first-order valence-electron chi connectivity index (χ1n) is 8.97. The highest BCUT2D eigenvalue weighted by Crippen LogP contribution is 2.28. The molecule has 5 nitrogen and oxygen atoms in total. The number of aromatic nitrogens is 3. The third kappa shape index (κ3) is 5.82. The van der Waals surface area contributed by atoms with Crippen LogP contribution in [-0.4, -0.2) is 38.6 Å². The molecule has 1 heterocycles. The molecule has 2 aromatic carbocycles. The molecule has 10 heteroatoms. The summed E-state index contributed by atoms with van der Waals surface area (Å²) >= 11 is 1.00. The van der Waals surface area contributed by atoms with Crippen molar-refractivity contribution in [1.29, 1.82) is 0 Å². The van der Waals surface area contributed by atoms with E-state index in [0.717, 1.165) is 17.3 Å². The number of carbonyl (C=O) groups is 1. The molecule has 1 aromatic heterocycles. The molecule has 0 spiro atoms. The Balaban J connectivity index is 1.86. The van der Waals surface area contributed by atoms with Crippen molar-refractivity contribution >= 4 is 17.7 Å². The Morgan fingerprint density at radius 2 is 1.77 bits per heavy atom. The lowest BCUT2D eigenvalue weighted by molar-refractivity contribution is -0.137. The van der Waals surface area contributed by atoms with Gasteiger partial charge in [-0.1, -0.05) is 42.1 Å². The van der Waals surface area contributed by atoms with E-state index in [1.54, 1.807) is 16.7 Å². The first kappa shape index (κ1) is 21.8. The molecular weight excluding hydrogens is 420 g/mol. The summed E-state index contributed by atoms with van der Waals surface area (Å²) in [6, 6.07) is 15.2. The van der Waals surface area contributed by atoms with Gasteiger partial charge in [0.25, 0.3) is 0 Å². The first-order chi connectivity index (χ1) is 14.2.